The first kappa shape index (κ1) is 33.7. The van der Waals surface area contributed by atoms with Gasteiger partial charge < -0.3 is 21.7 Å². The minimum Gasteiger partial charge on any atom is -1.00 e. The Labute approximate surface area is 432 Å². The maximum atomic E-state index is 9.08. The number of fused-ring (bicyclic) bond motifs is 7. The van der Waals surface area contributed by atoms with Crippen LogP contribution in [0.5, 0.6) is 11.5 Å². The highest BCUT2D eigenvalue weighted by Crippen LogP contribution is 2.40. The minimum atomic E-state index is -0.561. The van der Waals surface area contributed by atoms with Crippen LogP contribution in [0.1, 0.15) is 40.0 Å². The lowest BCUT2D eigenvalue weighted by molar-refractivity contribution is -0.566. The normalized spacial score (nSPS) is 13.7. The molecule has 0 saturated heterocycles. The van der Waals surface area contributed by atoms with Crippen LogP contribution in [-0.4, -0.2) is 18.7 Å². The highest BCUT2D eigenvalue weighted by molar-refractivity contribution is 6.12. The molecule has 9 aromatic carbocycles. The fraction of sp³-hybridized carbons (Fsp3) is 0.0625. The van der Waals surface area contributed by atoms with Gasteiger partial charge in [0.2, 0.25) is 0 Å². The second kappa shape index (κ2) is 17.4. The highest BCUT2D eigenvalue weighted by Gasteiger charge is 2.26. The zero-order chi connectivity index (χ0) is 55.6. The lowest BCUT2D eigenvalue weighted by atomic mass is 9.88. The number of hydrogen-bond donors (Lipinski definition) is 0. The number of pyridine rings is 1. The van der Waals surface area contributed by atoms with E-state index in [4.69, 9.17) is 23.4 Å². The number of nitrogens with zero attached hydrogens (tertiary/aromatic N) is 5. The largest absolute Gasteiger partial charge is 1.00 e. The maximum Gasteiger partial charge on any atom is 0.255 e. The topological polar surface area (TPSA) is 40.8 Å². The molecular formula is C64H48ClN5O. The van der Waals surface area contributed by atoms with Crippen LogP contribution in [0.3, 0.4) is 0 Å². The summed E-state index contributed by atoms with van der Waals surface area (Å²) in [5, 5.41) is 4.43. The van der Waals surface area contributed by atoms with Crippen molar-refractivity contribution in [2.75, 3.05) is 0 Å². The standard InChI is InChI=1S/C64H48N5O.ClH/c1-64(2,3)45-36-37-65-62(38-45)69-58-35-32-47(68-56-28-12-10-24-52(56)53-25-11-13-29-57(53)68)40-55(58)54-34-33-49(41-61(54)69)70-48-23-16-22-46(39-48)66-42-67(60-31-15-14-30-59(60)66)63-50(43-18-6-4-7-19-43)26-17-27-51(63)44-20-8-5-9-21-44;/h4-42H,1-3H3;1H/q+1;/p-1/i4D,5D,6D,7D,8D,9D,18D,19D,20D,21D;. The Morgan fingerprint density at radius 3 is 1.79 bits per heavy atom. The van der Waals surface area contributed by atoms with E-state index in [1.165, 1.54) is 10.8 Å². The van der Waals surface area contributed by atoms with Crippen molar-refractivity contribution in [1.29, 1.82) is 0 Å². The van der Waals surface area contributed by atoms with Gasteiger partial charge in [-0.05, 0) is 101 Å². The Hall–Kier alpha value is -8.71. The van der Waals surface area contributed by atoms with Gasteiger partial charge in [0.15, 0.2) is 11.0 Å². The number of ether oxygens (including phenoxy) is 1. The third kappa shape index (κ3) is 7.43. The van der Waals surface area contributed by atoms with Crippen molar-refractivity contribution in [1.82, 2.24) is 18.7 Å². The predicted molar refractivity (Wildman–Crippen MR) is 287 cm³/mol. The van der Waals surface area contributed by atoms with E-state index in [1.807, 2.05) is 71.4 Å². The summed E-state index contributed by atoms with van der Waals surface area (Å²) in [5.41, 5.74) is 8.53. The molecule has 4 heterocycles. The van der Waals surface area contributed by atoms with Crippen molar-refractivity contribution in [2.45, 2.75) is 26.2 Å². The summed E-state index contributed by atoms with van der Waals surface area (Å²) >= 11 is 0. The zero-order valence-corrected chi connectivity index (χ0v) is 39.5. The van der Waals surface area contributed by atoms with E-state index in [0.29, 0.717) is 28.2 Å². The lowest BCUT2D eigenvalue weighted by Crippen LogP contribution is -3.00. The van der Waals surface area contributed by atoms with Crippen molar-refractivity contribution in [3.8, 4) is 56.6 Å². The molecule has 0 bridgehead atoms. The summed E-state index contributed by atoms with van der Waals surface area (Å²) in [7, 11) is 0. The van der Waals surface area contributed by atoms with Gasteiger partial charge in [0.1, 0.15) is 28.7 Å². The third-order valence-electron chi connectivity index (χ3n) is 13.2. The van der Waals surface area contributed by atoms with Crippen LogP contribution in [0.4, 0.5) is 0 Å². The fourth-order valence-electron chi connectivity index (χ4n) is 9.95. The van der Waals surface area contributed by atoms with E-state index >= 15 is 0 Å². The summed E-state index contributed by atoms with van der Waals surface area (Å²) < 4.78 is 103. The van der Waals surface area contributed by atoms with Crippen molar-refractivity contribution in [3.05, 3.63) is 242 Å². The van der Waals surface area contributed by atoms with E-state index in [1.54, 1.807) is 29.1 Å². The van der Waals surface area contributed by atoms with Crippen molar-refractivity contribution in [3.63, 3.8) is 0 Å². The first-order valence-corrected chi connectivity index (χ1v) is 23.1. The van der Waals surface area contributed by atoms with Gasteiger partial charge in [0.25, 0.3) is 6.33 Å². The second-order valence-electron chi connectivity index (χ2n) is 18.4. The molecule has 13 aromatic rings. The molecule has 0 fully saturated rings. The van der Waals surface area contributed by atoms with Gasteiger partial charge in [-0.3, -0.25) is 4.57 Å². The third-order valence-corrected chi connectivity index (χ3v) is 13.2. The first-order chi connectivity index (χ1) is 38.5. The quantitative estimate of drug-likeness (QED) is 0.142. The Bertz CT molecular complexity index is 4570. The molecule has 0 aliphatic rings. The van der Waals surface area contributed by atoms with Crippen LogP contribution < -0.4 is 21.7 Å². The number of aromatic nitrogens is 5. The maximum absolute atomic E-state index is 9.08. The smallest absolute Gasteiger partial charge is 0.255 e. The van der Waals surface area contributed by atoms with E-state index in [9.17, 15) is 0 Å². The lowest BCUT2D eigenvalue weighted by Gasteiger charge is -2.20. The molecule has 6 nitrogen and oxygen atoms in total. The molecule has 0 amide bonds. The van der Waals surface area contributed by atoms with Gasteiger partial charge in [0.05, 0.1) is 35.8 Å². The van der Waals surface area contributed by atoms with Crippen LogP contribution in [-0.2, 0) is 5.41 Å². The molecule has 71 heavy (non-hydrogen) atoms. The van der Waals surface area contributed by atoms with Gasteiger partial charge >= 0.3 is 0 Å². The van der Waals surface area contributed by atoms with E-state index < -0.39 is 60.4 Å². The van der Waals surface area contributed by atoms with E-state index in [2.05, 4.69) is 115 Å². The second-order valence-corrected chi connectivity index (χ2v) is 18.4. The molecule has 0 saturated carbocycles. The highest BCUT2D eigenvalue weighted by atomic mass is 35.5. The molecule has 0 unspecified atom stereocenters. The number of rotatable bonds is 8. The molecule has 342 valence electrons. The monoisotopic (exact) mass is 947 g/mol. The van der Waals surface area contributed by atoms with Gasteiger partial charge in [-0.25, -0.2) is 4.98 Å². The molecule has 0 N–H and O–H groups in total. The van der Waals surface area contributed by atoms with Crippen molar-refractivity contribution in [2.24, 2.45) is 0 Å². The van der Waals surface area contributed by atoms with Crippen LogP contribution in [0.25, 0.3) is 99.8 Å². The number of halogens is 1. The molecule has 0 atom stereocenters. The summed E-state index contributed by atoms with van der Waals surface area (Å²) in [4.78, 5) is 4.97. The Morgan fingerprint density at radius 1 is 0.493 bits per heavy atom. The number of imidazole rings is 1. The summed E-state index contributed by atoms with van der Waals surface area (Å²) in [6.45, 7) is 6.58. The van der Waals surface area contributed by atoms with Gasteiger partial charge in [-0.1, -0.05) is 154 Å². The van der Waals surface area contributed by atoms with Gasteiger partial charge in [0, 0.05) is 56.7 Å². The number of para-hydroxylation sites is 5. The fourth-order valence-corrected chi connectivity index (χ4v) is 9.95. The Kier molecular flexibility index (Phi) is 8.25. The van der Waals surface area contributed by atoms with Crippen LogP contribution in [0.2, 0.25) is 0 Å². The molecule has 4 aromatic heterocycles. The summed E-state index contributed by atoms with van der Waals surface area (Å²) in [6, 6.07) is 48.7. The first-order valence-electron chi connectivity index (χ1n) is 28.1. The summed E-state index contributed by atoms with van der Waals surface area (Å²) in [5.74, 6) is 1.88. The molecule has 0 radical (unpaired) electrons. The number of hydrogen-bond acceptors (Lipinski definition) is 2. The molecule has 7 heteroatoms. The van der Waals surface area contributed by atoms with Gasteiger partial charge in [-0.15, -0.1) is 0 Å². The molecule has 13 rings (SSSR count). The Balaban J connectivity index is 0.00000651. The molecule has 0 aliphatic heterocycles. The zero-order valence-electron chi connectivity index (χ0n) is 48.8. The summed E-state index contributed by atoms with van der Waals surface area (Å²) in [6.07, 6.45) is 3.65. The SMILES string of the molecule is [2H]c1c([2H])c([2H])c(-c2cccc(-c3c([2H])c([2H])c([2H])c([2H])c3[2H])c2-[n+]2cn(-c3cccc(Oc4ccc5c6cc(-n7c8ccccc8c8ccccc87)ccc6n(-c6cc(C(C)(C)C)ccn6)c5c4)c3)c3ccccc32)c([2H])c1[2H].[Cl-]. The van der Waals surface area contributed by atoms with Crippen molar-refractivity contribution < 1.29 is 35.4 Å². The Morgan fingerprint density at radius 2 is 1.10 bits per heavy atom. The van der Waals surface area contributed by atoms with E-state index in [-0.39, 0.29) is 45.8 Å². The van der Waals surface area contributed by atoms with Crippen LogP contribution in [0.15, 0.2) is 237 Å². The van der Waals surface area contributed by atoms with Crippen molar-refractivity contribution >= 4 is 54.6 Å². The number of benzene rings is 9. The van der Waals surface area contributed by atoms with Crippen LogP contribution >= 0.6 is 0 Å². The van der Waals surface area contributed by atoms with Gasteiger partial charge in [-0.2, -0.15) is 9.13 Å². The van der Waals surface area contributed by atoms with Crippen LogP contribution in [0, 0.1) is 0 Å². The average molecular weight is 949 g/mol. The molecule has 0 spiro atoms. The minimum absolute atomic E-state index is 0. The van der Waals surface area contributed by atoms with E-state index in [0.717, 1.165) is 49.9 Å². The molecular weight excluding hydrogens is 890 g/mol. The predicted octanol–water partition coefficient (Wildman–Crippen LogP) is 12.9. The molecule has 0 aliphatic carbocycles. The average Bonchev–Trinajstić information content (AvgIpc) is 4.37.